The maximum Gasteiger partial charge on any atom is 0.186 e. The van der Waals surface area contributed by atoms with Gasteiger partial charge >= 0.3 is 0 Å². The summed E-state index contributed by atoms with van der Waals surface area (Å²) >= 11 is 2.71. The lowest BCUT2D eigenvalue weighted by Gasteiger charge is -1.87. The predicted molar refractivity (Wildman–Crippen MR) is 60.2 cm³/mol. The van der Waals surface area contributed by atoms with Gasteiger partial charge in [0.1, 0.15) is 5.01 Å². The fourth-order valence-electron chi connectivity index (χ4n) is 0.787. The van der Waals surface area contributed by atoms with Crippen molar-refractivity contribution in [3.63, 3.8) is 0 Å². The monoisotopic (exact) mass is 229 g/mol. The highest BCUT2D eigenvalue weighted by Crippen LogP contribution is 2.14. The van der Waals surface area contributed by atoms with E-state index in [4.69, 9.17) is 5.11 Å². The number of hydrogen-bond donors (Lipinski definition) is 1. The minimum absolute atomic E-state index is 0.0354. The van der Waals surface area contributed by atoms with Crippen molar-refractivity contribution in [3.05, 3.63) is 22.2 Å². The fraction of sp³-hybridized carbons (Fsp3) is 0.333. The van der Waals surface area contributed by atoms with Gasteiger partial charge in [0.2, 0.25) is 0 Å². The average Bonchev–Trinajstić information content (AvgIpc) is 2.60. The maximum atomic E-state index is 10.6. The normalized spacial score (nSPS) is 11.0. The molecule has 0 radical (unpaired) electrons. The molecule has 76 valence electrons. The van der Waals surface area contributed by atoms with Gasteiger partial charge in [-0.2, -0.15) is 0 Å². The zero-order valence-electron chi connectivity index (χ0n) is 7.77. The van der Waals surface area contributed by atoms with Crippen LogP contribution in [0.1, 0.15) is 16.8 Å². The second-order valence-electron chi connectivity index (χ2n) is 2.53. The summed E-state index contributed by atoms with van der Waals surface area (Å²) < 4.78 is 0. The molecule has 3 nitrogen and oxygen atoms in total. The number of carbonyl (C=O) groups is 1. The van der Waals surface area contributed by atoms with E-state index in [0.717, 1.165) is 9.88 Å². The van der Waals surface area contributed by atoms with Crippen LogP contribution in [0.25, 0.3) is 6.08 Å². The van der Waals surface area contributed by atoms with Gasteiger partial charge in [-0.05, 0) is 6.08 Å². The summed E-state index contributed by atoms with van der Waals surface area (Å²) in [5.41, 5.74) is 0. The Bertz CT molecular complexity index is 333. The number of thiazole rings is 1. The van der Waals surface area contributed by atoms with E-state index in [0.29, 0.717) is 5.75 Å². The minimum Gasteiger partial charge on any atom is -0.391 e. The molecule has 0 fully saturated rings. The summed E-state index contributed by atoms with van der Waals surface area (Å²) in [6.07, 6.45) is 5.41. The first kappa shape index (κ1) is 11.4. The molecule has 5 heteroatoms. The van der Waals surface area contributed by atoms with Crippen molar-refractivity contribution in [2.24, 2.45) is 0 Å². The molecule has 14 heavy (non-hydrogen) atoms. The Kier molecular flexibility index (Phi) is 4.86. The third-order valence-electron chi connectivity index (χ3n) is 1.37. The van der Waals surface area contributed by atoms with Crippen molar-refractivity contribution < 1.29 is 9.90 Å². The highest BCUT2D eigenvalue weighted by molar-refractivity contribution is 8.13. The van der Waals surface area contributed by atoms with Crippen LogP contribution in [0.15, 0.2) is 12.3 Å². The number of aliphatic hydroxyl groups is 1. The van der Waals surface area contributed by atoms with E-state index in [1.165, 1.54) is 23.1 Å². The molecule has 0 aliphatic rings. The average molecular weight is 229 g/mol. The molecule has 0 atom stereocenters. The van der Waals surface area contributed by atoms with Crippen molar-refractivity contribution in [3.8, 4) is 0 Å². The standard InChI is InChI=1S/C9H11NO2S2/c1-7(12)13-4-2-3-9-10-5-8(6-11)14-9/h2-3,5,11H,4,6H2,1H3. The van der Waals surface area contributed by atoms with Crippen LogP contribution in [-0.4, -0.2) is 21.0 Å². The summed E-state index contributed by atoms with van der Waals surface area (Å²) in [5, 5.41) is 9.77. The van der Waals surface area contributed by atoms with E-state index in [2.05, 4.69) is 4.98 Å². The lowest BCUT2D eigenvalue weighted by atomic mass is 10.5. The molecule has 1 heterocycles. The van der Waals surface area contributed by atoms with Crippen molar-refractivity contribution in [2.75, 3.05) is 5.75 Å². The molecular formula is C9H11NO2S2. The zero-order valence-corrected chi connectivity index (χ0v) is 9.40. The molecule has 0 aliphatic heterocycles. The number of aliphatic hydroxyl groups excluding tert-OH is 1. The van der Waals surface area contributed by atoms with Crippen LogP contribution in [0.5, 0.6) is 0 Å². The zero-order chi connectivity index (χ0) is 10.4. The van der Waals surface area contributed by atoms with Crippen molar-refractivity contribution in [1.82, 2.24) is 4.98 Å². The Morgan fingerprint density at radius 2 is 2.57 bits per heavy atom. The Hall–Kier alpha value is -0.650. The number of aromatic nitrogens is 1. The number of thioether (sulfide) groups is 1. The summed E-state index contributed by atoms with van der Waals surface area (Å²) in [6, 6.07) is 0. The van der Waals surface area contributed by atoms with E-state index in [-0.39, 0.29) is 11.7 Å². The molecule has 1 aromatic rings. The summed E-state index contributed by atoms with van der Waals surface area (Å²) in [7, 11) is 0. The van der Waals surface area contributed by atoms with Crippen LogP contribution in [0.4, 0.5) is 0 Å². The van der Waals surface area contributed by atoms with E-state index in [1.807, 2.05) is 12.2 Å². The Morgan fingerprint density at radius 3 is 3.14 bits per heavy atom. The maximum absolute atomic E-state index is 10.6. The van der Waals surface area contributed by atoms with Crippen LogP contribution in [-0.2, 0) is 11.4 Å². The topological polar surface area (TPSA) is 50.2 Å². The first-order chi connectivity index (χ1) is 6.72. The van der Waals surface area contributed by atoms with Crippen LogP contribution in [0, 0.1) is 0 Å². The fourth-order valence-corrected chi connectivity index (χ4v) is 1.92. The van der Waals surface area contributed by atoms with Crippen LogP contribution in [0.3, 0.4) is 0 Å². The summed E-state index contributed by atoms with van der Waals surface area (Å²) in [6.45, 7) is 1.58. The first-order valence-corrected chi connectivity index (χ1v) is 5.88. The first-order valence-electron chi connectivity index (χ1n) is 4.08. The van der Waals surface area contributed by atoms with Gasteiger partial charge in [-0.1, -0.05) is 17.8 Å². The molecule has 0 amide bonds. The Balaban J connectivity index is 2.39. The molecule has 0 saturated heterocycles. The highest BCUT2D eigenvalue weighted by atomic mass is 32.2. The number of hydrogen-bond acceptors (Lipinski definition) is 5. The van der Waals surface area contributed by atoms with E-state index in [9.17, 15) is 4.79 Å². The van der Waals surface area contributed by atoms with Crippen LogP contribution < -0.4 is 0 Å². The molecule has 0 saturated carbocycles. The Labute approximate surface area is 90.9 Å². The summed E-state index contributed by atoms with van der Waals surface area (Å²) in [5.74, 6) is 0.670. The van der Waals surface area contributed by atoms with Crippen LogP contribution >= 0.6 is 23.1 Å². The largest absolute Gasteiger partial charge is 0.391 e. The lowest BCUT2D eigenvalue weighted by molar-refractivity contribution is -0.109. The summed E-state index contributed by atoms with van der Waals surface area (Å²) in [4.78, 5) is 15.5. The third kappa shape index (κ3) is 4.04. The van der Waals surface area contributed by atoms with Gasteiger partial charge in [0.05, 0.1) is 11.5 Å². The van der Waals surface area contributed by atoms with Gasteiger partial charge < -0.3 is 5.11 Å². The van der Waals surface area contributed by atoms with Crippen molar-refractivity contribution in [1.29, 1.82) is 0 Å². The molecule has 1 rings (SSSR count). The van der Waals surface area contributed by atoms with Gasteiger partial charge in [-0.25, -0.2) is 4.98 Å². The van der Waals surface area contributed by atoms with E-state index in [1.54, 1.807) is 13.1 Å². The van der Waals surface area contributed by atoms with Crippen LogP contribution in [0.2, 0.25) is 0 Å². The second-order valence-corrected chi connectivity index (χ2v) is 4.87. The van der Waals surface area contributed by atoms with Gasteiger partial charge in [0.15, 0.2) is 5.12 Å². The molecule has 0 aliphatic carbocycles. The van der Waals surface area contributed by atoms with Gasteiger partial charge in [-0.3, -0.25) is 4.79 Å². The van der Waals surface area contributed by atoms with E-state index >= 15 is 0 Å². The number of nitrogens with zero attached hydrogens (tertiary/aromatic N) is 1. The molecular weight excluding hydrogens is 218 g/mol. The van der Waals surface area contributed by atoms with Gasteiger partial charge in [0, 0.05) is 18.9 Å². The quantitative estimate of drug-likeness (QED) is 0.857. The molecule has 0 unspecified atom stereocenters. The van der Waals surface area contributed by atoms with Gasteiger partial charge in [-0.15, -0.1) is 11.3 Å². The second kappa shape index (κ2) is 5.95. The lowest BCUT2D eigenvalue weighted by Crippen LogP contribution is -1.81. The minimum atomic E-state index is 0.0354. The molecule has 1 aromatic heterocycles. The van der Waals surface area contributed by atoms with Gasteiger partial charge in [0.25, 0.3) is 0 Å². The SMILES string of the molecule is CC(=O)SCC=Cc1ncc(CO)s1. The molecule has 1 N–H and O–H groups in total. The van der Waals surface area contributed by atoms with Crippen molar-refractivity contribution in [2.45, 2.75) is 13.5 Å². The third-order valence-corrected chi connectivity index (χ3v) is 3.08. The molecule has 0 aromatic carbocycles. The highest BCUT2D eigenvalue weighted by Gasteiger charge is 1.96. The molecule has 0 spiro atoms. The van der Waals surface area contributed by atoms with Crippen molar-refractivity contribution >= 4 is 34.3 Å². The molecule has 0 bridgehead atoms. The Morgan fingerprint density at radius 1 is 1.79 bits per heavy atom. The number of rotatable bonds is 4. The smallest absolute Gasteiger partial charge is 0.186 e. The number of carbonyl (C=O) groups excluding carboxylic acids is 1. The predicted octanol–water partition coefficient (Wildman–Crippen LogP) is 1.93. The van der Waals surface area contributed by atoms with E-state index < -0.39 is 0 Å².